The fraction of sp³-hybridized carbons (Fsp3) is 0.350. The van der Waals surface area contributed by atoms with Gasteiger partial charge in [-0.05, 0) is 24.6 Å². The minimum atomic E-state index is -1.14. The second kappa shape index (κ2) is 9.02. The molecule has 0 saturated heterocycles. The van der Waals surface area contributed by atoms with E-state index in [1.165, 1.54) is 20.3 Å². The van der Waals surface area contributed by atoms with Gasteiger partial charge in [0, 0.05) is 6.42 Å². The summed E-state index contributed by atoms with van der Waals surface area (Å²) < 4.78 is 11.3. The Morgan fingerprint density at radius 2 is 1.74 bits per heavy atom. The smallest absolute Gasteiger partial charge is 0.339 e. The number of carbonyl (C=O) groups is 3. The van der Waals surface area contributed by atoms with Crippen LogP contribution in [0.4, 0.5) is 5.69 Å². The van der Waals surface area contributed by atoms with Gasteiger partial charge in [0.05, 0.1) is 36.9 Å². The Bertz CT molecular complexity index is 810. The number of Topliss-reactive ketones (excluding diaryl/α,β-unsaturated/α-hetero) is 1. The van der Waals surface area contributed by atoms with Crippen LogP contribution >= 0.6 is 0 Å². The maximum Gasteiger partial charge on any atom is 0.339 e. The third-order valence-corrected chi connectivity index (χ3v) is 4.29. The van der Waals surface area contributed by atoms with E-state index in [0.29, 0.717) is 23.4 Å². The first kappa shape index (κ1) is 20.2. The molecule has 144 valence electrons. The normalized spacial score (nSPS) is 11.6. The Morgan fingerprint density at radius 3 is 2.26 bits per heavy atom. The molecular formula is C20H24N2O5. The summed E-state index contributed by atoms with van der Waals surface area (Å²) in [7, 11) is 2.52. The van der Waals surface area contributed by atoms with E-state index in [2.05, 4.69) is 5.43 Å². The van der Waals surface area contributed by atoms with Crippen molar-refractivity contribution < 1.29 is 23.9 Å². The second-order valence-corrected chi connectivity index (χ2v) is 5.86. The third-order valence-electron chi connectivity index (χ3n) is 4.29. The van der Waals surface area contributed by atoms with Crippen LogP contribution in [0.25, 0.3) is 0 Å². The molecule has 1 unspecified atom stereocenters. The molecule has 27 heavy (non-hydrogen) atoms. The highest BCUT2D eigenvalue weighted by atomic mass is 16.5. The molecule has 7 heteroatoms. The molecule has 0 spiro atoms. The highest BCUT2D eigenvalue weighted by Gasteiger charge is 2.34. The van der Waals surface area contributed by atoms with Crippen LogP contribution < -0.4 is 5.43 Å². The first-order chi connectivity index (χ1) is 13.0. The lowest BCUT2D eigenvalue weighted by Gasteiger charge is -2.19. The summed E-state index contributed by atoms with van der Waals surface area (Å²) in [6, 6.07) is 10.8. The van der Waals surface area contributed by atoms with E-state index in [4.69, 9.17) is 9.47 Å². The summed E-state index contributed by atoms with van der Waals surface area (Å²) in [6.45, 7) is 3.56. The second-order valence-electron chi connectivity index (χ2n) is 5.86. The molecule has 0 amide bonds. The maximum atomic E-state index is 12.5. The van der Waals surface area contributed by atoms with Crippen molar-refractivity contribution in [3.05, 3.63) is 53.3 Å². The van der Waals surface area contributed by atoms with Gasteiger partial charge in [-0.25, -0.2) is 4.79 Å². The van der Waals surface area contributed by atoms with Gasteiger partial charge >= 0.3 is 11.9 Å². The standard InChI is InChI=1S/C20H24N2O5/c1-5-15-14(19(24)26-3)12-16(18(17(23)6-2)20(25)27-4)22(15)21-13-10-8-7-9-11-13/h7-12,18,21H,5-6H2,1-4H3. The third kappa shape index (κ3) is 4.19. The van der Waals surface area contributed by atoms with Crippen LogP contribution in [0.5, 0.6) is 0 Å². The number of aromatic nitrogens is 1. The quantitative estimate of drug-likeness (QED) is 0.566. The average Bonchev–Trinajstić information content (AvgIpc) is 3.05. The van der Waals surface area contributed by atoms with Crippen molar-refractivity contribution in [2.75, 3.05) is 19.6 Å². The van der Waals surface area contributed by atoms with Crippen molar-refractivity contribution in [3.63, 3.8) is 0 Å². The summed E-state index contributed by atoms with van der Waals surface area (Å²) >= 11 is 0. The highest BCUT2D eigenvalue weighted by molar-refractivity contribution is 6.04. The van der Waals surface area contributed by atoms with Crippen LogP contribution in [0.15, 0.2) is 36.4 Å². The van der Waals surface area contributed by atoms with Gasteiger partial charge in [0.1, 0.15) is 0 Å². The average molecular weight is 372 g/mol. The number of nitrogens with one attached hydrogen (secondary N) is 1. The monoisotopic (exact) mass is 372 g/mol. The van der Waals surface area contributed by atoms with E-state index in [1.54, 1.807) is 11.6 Å². The van der Waals surface area contributed by atoms with Crippen molar-refractivity contribution in [3.8, 4) is 0 Å². The number of para-hydroxylation sites is 1. The van der Waals surface area contributed by atoms with Gasteiger partial charge in [-0.1, -0.05) is 32.0 Å². The van der Waals surface area contributed by atoms with Gasteiger partial charge in [-0.2, -0.15) is 0 Å². The molecule has 1 heterocycles. The Hall–Kier alpha value is -3.09. The molecule has 0 aliphatic heterocycles. The van der Waals surface area contributed by atoms with Crippen molar-refractivity contribution >= 4 is 23.4 Å². The van der Waals surface area contributed by atoms with Gasteiger partial charge in [-0.3, -0.25) is 19.7 Å². The molecule has 1 N–H and O–H groups in total. The van der Waals surface area contributed by atoms with Crippen LogP contribution in [-0.4, -0.2) is 36.6 Å². The lowest BCUT2D eigenvalue weighted by molar-refractivity contribution is -0.145. The number of benzene rings is 1. The number of hydrogen-bond acceptors (Lipinski definition) is 6. The Balaban J connectivity index is 2.69. The number of ether oxygens (including phenoxy) is 2. The Labute approximate surface area is 158 Å². The molecule has 1 aromatic heterocycles. The fourth-order valence-electron chi connectivity index (χ4n) is 2.93. The van der Waals surface area contributed by atoms with Crippen molar-refractivity contribution in [2.24, 2.45) is 0 Å². The molecule has 2 rings (SSSR count). The van der Waals surface area contributed by atoms with E-state index >= 15 is 0 Å². The SMILES string of the molecule is CCC(=O)C(C(=O)OC)c1cc(C(=O)OC)c(CC)n1Nc1ccccc1. The first-order valence-electron chi connectivity index (χ1n) is 8.73. The number of esters is 2. The van der Waals surface area contributed by atoms with E-state index in [9.17, 15) is 14.4 Å². The number of nitrogens with zero attached hydrogens (tertiary/aromatic N) is 1. The molecule has 7 nitrogen and oxygen atoms in total. The van der Waals surface area contributed by atoms with Crippen molar-refractivity contribution in [1.82, 2.24) is 4.68 Å². The predicted octanol–water partition coefficient (Wildman–Crippen LogP) is 2.95. The Kier molecular flexibility index (Phi) is 6.76. The molecule has 2 aromatic rings. The fourth-order valence-corrected chi connectivity index (χ4v) is 2.93. The van der Waals surface area contributed by atoms with Crippen LogP contribution in [0.1, 0.15) is 47.9 Å². The van der Waals surface area contributed by atoms with Gasteiger partial charge in [0.2, 0.25) is 0 Å². The zero-order valence-corrected chi connectivity index (χ0v) is 15.9. The van der Waals surface area contributed by atoms with Gasteiger partial charge in [0.15, 0.2) is 11.7 Å². The number of carbonyl (C=O) groups excluding carboxylic acids is 3. The largest absolute Gasteiger partial charge is 0.468 e. The topological polar surface area (TPSA) is 86.6 Å². The summed E-state index contributed by atoms with van der Waals surface area (Å²) in [4.78, 5) is 37.1. The molecule has 1 aromatic carbocycles. The summed E-state index contributed by atoms with van der Waals surface area (Å²) in [5.41, 5.74) is 5.18. The summed E-state index contributed by atoms with van der Waals surface area (Å²) in [6.07, 6.45) is 0.643. The minimum Gasteiger partial charge on any atom is -0.468 e. The number of ketones is 1. The molecular weight excluding hydrogens is 348 g/mol. The number of anilines is 1. The van der Waals surface area contributed by atoms with Crippen LogP contribution in [0, 0.1) is 0 Å². The minimum absolute atomic E-state index is 0.158. The lowest BCUT2D eigenvalue weighted by Crippen LogP contribution is -2.28. The molecule has 0 fully saturated rings. The molecule has 0 bridgehead atoms. The van der Waals surface area contributed by atoms with E-state index in [1.807, 2.05) is 37.3 Å². The Morgan fingerprint density at radius 1 is 1.07 bits per heavy atom. The number of methoxy groups -OCH3 is 2. The zero-order valence-electron chi connectivity index (χ0n) is 15.9. The molecule has 0 aliphatic rings. The number of hydrogen-bond donors (Lipinski definition) is 1. The van der Waals surface area contributed by atoms with E-state index in [-0.39, 0.29) is 12.2 Å². The summed E-state index contributed by atoms with van der Waals surface area (Å²) in [5, 5.41) is 0. The van der Waals surface area contributed by atoms with Gasteiger partial charge < -0.3 is 9.47 Å². The van der Waals surface area contributed by atoms with Gasteiger partial charge in [-0.15, -0.1) is 0 Å². The van der Waals surface area contributed by atoms with Gasteiger partial charge in [0.25, 0.3) is 0 Å². The zero-order chi connectivity index (χ0) is 20.0. The van der Waals surface area contributed by atoms with Crippen molar-refractivity contribution in [2.45, 2.75) is 32.6 Å². The molecule has 0 radical (unpaired) electrons. The van der Waals surface area contributed by atoms with Crippen molar-refractivity contribution in [1.29, 1.82) is 0 Å². The van der Waals surface area contributed by atoms with Crippen LogP contribution in [0.3, 0.4) is 0 Å². The predicted molar refractivity (Wildman–Crippen MR) is 101 cm³/mol. The highest BCUT2D eigenvalue weighted by Crippen LogP contribution is 2.27. The molecule has 0 aliphatic carbocycles. The lowest BCUT2D eigenvalue weighted by atomic mass is 9.98. The van der Waals surface area contributed by atoms with Crippen LogP contribution in [0.2, 0.25) is 0 Å². The molecule has 1 atom stereocenters. The van der Waals surface area contributed by atoms with E-state index < -0.39 is 17.9 Å². The maximum absolute atomic E-state index is 12.5. The first-order valence-corrected chi connectivity index (χ1v) is 8.73. The number of rotatable bonds is 8. The van der Waals surface area contributed by atoms with E-state index in [0.717, 1.165) is 5.69 Å². The summed E-state index contributed by atoms with van der Waals surface area (Å²) in [5.74, 6) is -2.64. The van der Waals surface area contributed by atoms with Crippen LogP contribution in [-0.2, 0) is 25.5 Å². The molecule has 0 saturated carbocycles.